The summed E-state index contributed by atoms with van der Waals surface area (Å²) in [5.74, 6) is 0.596. The second kappa shape index (κ2) is 4.75. The van der Waals surface area contributed by atoms with E-state index in [0.29, 0.717) is 11.6 Å². The molecule has 4 nitrogen and oxygen atoms in total. The molecule has 1 aliphatic heterocycles. The van der Waals surface area contributed by atoms with Crippen molar-refractivity contribution in [2.24, 2.45) is 11.8 Å². The van der Waals surface area contributed by atoms with E-state index in [1.165, 1.54) is 0 Å². The van der Waals surface area contributed by atoms with Gasteiger partial charge in [-0.25, -0.2) is 0 Å². The number of anilines is 1. The average Bonchev–Trinajstić information content (AvgIpc) is 2.70. The molecule has 2 atom stereocenters. The summed E-state index contributed by atoms with van der Waals surface area (Å²) in [6, 6.07) is 5.18. The first kappa shape index (κ1) is 11.9. The second-order valence-corrected chi connectivity index (χ2v) is 4.73. The number of carbonyl (C=O) groups excluding carboxylic acids is 1. The number of hydrogen-bond donors (Lipinski definition) is 3. The average molecular weight is 234 g/mol. The third-order valence-electron chi connectivity index (χ3n) is 3.33. The molecule has 1 heterocycles. The van der Waals surface area contributed by atoms with Crippen LogP contribution in [0.15, 0.2) is 18.2 Å². The van der Waals surface area contributed by atoms with Crippen molar-refractivity contribution in [1.29, 1.82) is 0 Å². The Bertz CT molecular complexity index is 431. The number of aromatic hydroxyl groups is 1. The normalized spacial score (nSPS) is 23.6. The van der Waals surface area contributed by atoms with Crippen molar-refractivity contribution in [3.8, 4) is 5.75 Å². The number of amides is 1. The molecule has 0 bridgehead atoms. The van der Waals surface area contributed by atoms with Crippen LogP contribution in [0, 0.1) is 18.8 Å². The Labute approximate surface area is 101 Å². The molecular weight excluding hydrogens is 216 g/mol. The van der Waals surface area contributed by atoms with Crippen LogP contribution in [-0.2, 0) is 4.79 Å². The van der Waals surface area contributed by atoms with Crippen LogP contribution in [0.25, 0.3) is 0 Å². The van der Waals surface area contributed by atoms with E-state index >= 15 is 0 Å². The minimum Gasteiger partial charge on any atom is -0.508 e. The number of nitrogens with one attached hydrogen (secondary N) is 2. The van der Waals surface area contributed by atoms with Crippen LogP contribution >= 0.6 is 0 Å². The van der Waals surface area contributed by atoms with Crippen molar-refractivity contribution in [1.82, 2.24) is 5.32 Å². The summed E-state index contributed by atoms with van der Waals surface area (Å²) in [6.07, 6.45) is 0. The van der Waals surface area contributed by atoms with E-state index in [4.69, 9.17) is 0 Å². The van der Waals surface area contributed by atoms with Gasteiger partial charge in [0.25, 0.3) is 0 Å². The third-order valence-corrected chi connectivity index (χ3v) is 3.33. The maximum atomic E-state index is 12.0. The molecule has 2 rings (SSSR count). The molecule has 1 aromatic carbocycles. The largest absolute Gasteiger partial charge is 0.508 e. The molecule has 0 spiro atoms. The van der Waals surface area contributed by atoms with E-state index in [-0.39, 0.29) is 17.6 Å². The molecule has 1 fully saturated rings. The van der Waals surface area contributed by atoms with E-state index in [1.54, 1.807) is 18.2 Å². The molecule has 4 heteroatoms. The lowest BCUT2D eigenvalue weighted by Gasteiger charge is -2.14. The number of phenolic OH excluding ortho intramolecular Hbond substituents is 1. The van der Waals surface area contributed by atoms with Gasteiger partial charge >= 0.3 is 0 Å². The van der Waals surface area contributed by atoms with Crippen molar-refractivity contribution in [3.05, 3.63) is 23.8 Å². The number of phenols is 1. The Morgan fingerprint density at radius 1 is 1.47 bits per heavy atom. The van der Waals surface area contributed by atoms with E-state index in [0.717, 1.165) is 18.7 Å². The number of rotatable bonds is 2. The highest BCUT2D eigenvalue weighted by Crippen LogP contribution is 2.23. The summed E-state index contributed by atoms with van der Waals surface area (Å²) < 4.78 is 0. The fraction of sp³-hybridized carbons (Fsp3) is 0.462. The van der Waals surface area contributed by atoms with Crippen LogP contribution in [0.2, 0.25) is 0 Å². The van der Waals surface area contributed by atoms with Crippen LogP contribution < -0.4 is 10.6 Å². The van der Waals surface area contributed by atoms with Crippen molar-refractivity contribution < 1.29 is 9.90 Å². The fourth-order valence-corrected chi connectivity index (χ4v) is 2.08. The first-order valence-electron chi connectivity index (χ1n) is 5.89. The lowest BCUT2D eigenvalue weighted by molar-refractivity contribution is -0.120. The summed E-state index contributed by atoms with van der Waals surface area (Å²) >= 11 is 0. The smallest absolute Gasteiger partial charge is 0.229 e. The van der Waals surface area contributed by atoms with Gasteiger partial charge in [0.2, 0.25) is 5.91 Å². The Morgan fingerprint density at radius 3 is 2.82 bits per heavy atom. The van der Waals surface area contributed by atoms with E-state index in [9.17, 15) is 9.90 Å². The predicted molar refractivity (Wildman–Crippen MR) is 67.0 cm³/mol. The molecule has 0 aliphatic carbocycles. The second-order valence-electron chi connectivity index (χ2n) is 4.73. The minimum absolute atomic E-state index is 0.0124. The fourth-order valence-electron chi connectivity index (χ4n) is 2.08. The molecule has 0 radical (unpaired) electrons. The quantitative estimate of drug-likeness (QED) is 0.726. The van der Waals surface area contributed by atoms with Crippen molar-refractivity contribution >= 4 is 11.6 Å². The molecule has 1 aliphatic rings. The van der Waals surface area contributed by atoms with E-state index in [2.05, 4.69) is 17.6 Å². The van der Waals surface area contributed by atoms with Gasteiger partial charge in [0.05, 0.1) is 5.92 Å². The van der Waals surface area contributed by atoms with Gasteiger partial charge in [0.15, 0.2) is 0 Å². The van der Waals surface area contributed by atoms with Gasteiger partial charge in [-0.2, -0.15) is 0 Å². The zero-order valence-electron chi connectivity index (χ0n) is 10.2. The number of carbonyl (C=O) groups is 1. The Morgan fingerprint density at radius 2 is 2.24 bits per heavy atom. The molecule has 17 heavy (non-hydrogen) atoms. The van der Waals surface area contributed by atoms with Gasteiger partial charge in [-0.05, 0) is 31.0 Å². The molecule has 0 saturated carbocycles. The summed E-state index contributed by atoms with van der Waals surface area (Å²) in [4.78, 5) is 12.0. The summed E-state index contributed by atoms with van der Waals surface area (Å²) in [6.45, 7) is 5.50. The SMILES string of the molecule is Cc1ccc(NC(=O)C2CNCC2C)cc1O. The molecule has 92 valence electrons. The monoisotopic (exact) mass is 234 g/mol. The molecule has 1 aromatic rings. The number of benzene rings is 1. The maximum Gasteiger partial charge on any atom is 0.229 e. The van der Waals surface area contributed by atoms with Gasteiger partial charge in [0.1, 0.15) is 5.75 Å². The van der Waals surface area contributed by atoms with Crippen molar-refractivity contribution in [2.45, 2.75) is 13.8 Å². The van der Waals surface area contributed by atoms with Gasteiger partial charge < -0.3 is 15.7 Å². The maximum absolute atomic E-state index is 12.0. The predicted octanol–water partition coefficient (Wildman–Crippen LogP) is 1.49. The highest BCUT2D eigenvalue weighted by molar-refractivity contribution is 5.93. The van der Waals surface area contributed by atoms with Crippen molar-refractivity contribution in [2.75, 3.05) is 18.4 Å². The topological polar surface area (TPSA) is 61.4 Å². The summed E-state index contributed by atoms with van der Waals surface area (Å²) in [5.41, 5.74) is 1.45. The Hall–Kier alpha value is -1.55. The molecule has 1 amide bonds. The van der Waals surface area contributed by atoms with Gasteiger partial charge in [0, 0.05) is 18.3 Å². The summed E-state index contributed by atoms with van der Waals surface area (Å²) in [5, 5.41) is 15.6. The van der Waals surface area contributed by atoms with Crippen LogP contribution in [0.1, 0.15) is 12.5 Å². The van der Waals surface area contributed by atoms with Crippen LogP contribution in [0.5, 0.6) is 5.75 Å². The van der Waals surface area contributed by atoms with E-state index in [1.807, 2.05) is 6.92 Å². The first-order chi connectivity index (χ1) is 8.08. The van der Waals surface area contributed by atoms with E-state index < -0.39 is 0 Å². The molecule has 2 unspecified atom stereocenters. The highest BCUT2D eigenvalue weighted by Gasteiger charge is 2.29. The van der Waals surface area contributed by atoms with Crippen LogP contribution in [0.3, 0.4) is 0 Å². The molecule has 1 saturated heterocycles. The lowest BCUT2D eigenvalue weighted by Crippen LogP contribution is -2.27. The molecular formula is C13H18N2O2. The Kier molecular flexibility index (Phi) is 3.33. The zero-order chi connectivity index (χ0) is 12.4. The van der Waals surface area contributed by atoms with Crippen LogP contribution in [0.4, 0.5) is 5.69 Å². The highest BCUT2D eigenvalue weighted by atomic mass is 16.3. The molecule has 0 aromatic heterocycles. The number of aryl methyl sites for hydroxylation is 1. The van der Waals surface area contributed by atoms with Gasteiger partial charge in [-0.15, -0.1) is 0 Å². The minimum atomic E-state index is 0.0124. The zero-order valence-corrected chi connectivity index (χ0v) is 10.2. The lowest BCUT2D eigenvalue weighted by atomic mass is 9.97. The van der Waals surface area contributed by atoms with Gasteiger partial charge in [-0.1, -0.05) is 13.0 Å². The standard InChI is InChI=1S/C13H18N2O2/c1-8-3-4-10(5-12(8)16)15-13(17)11-7-14-6-9(11)2/h3-5,9,11,14,16H,6-7H2,1-2H3,(H,15,17). The van der Waals surface area contributed by atoms with Gasteiger partial charge in [-0.3, -0.25) is 4.79 Å². The first-order valence-corrected chi connectivity index (χ1v) is 5.89. The van der Waals surface area contributed by atoms with Crippen LogP contribution in [-0.4, -0.2) is 24.1 Å². The third kappa shape index (κ3) is 2.58. The van der Waals surface area contributed by atoms with Crippen molar-refractivity contribution in [3.63, 3.8) is 0 Å². The molecule has 3 N–H and O–H groups in total. The number of hydrogen-bond acceptors (Lipinski definition) is 3. The Balaban J connectivity index is 2.05. The summed E-state index contributed by atoms with van der Waals surface area (Å²) in [7, 11) is 0.